The lowest BCUT2D eigenvalue weighted by molar-refractivity contribution is 0.489. The molecule has 6 nitrogen and oxygen atoms in total. The molecule has 0 spiro atoms. The predicted molar refractivity (Wildman–Crippen MR) is 56.6 cm³/mol. The molecule has 0 aliphatic carbocycles. The Morgan fingerprint density at radius 1 is 1.67 bits per heavy atom. The van der Waals surface area contributed by atoms with Crippen LogP contribution < -0.4 is 10.5 Å². The van der Waals surface area contributed by atoms with Gasteiger partial charge in [0.15, 0.2) is 0 Å². The van der Waals surface area contributed by atoms with Crippen LogP contribution in [0.4, 0.5) is 5.82 Å². The Morgan fingerprint density at radius 3 is 2.87 bits per heavy atom. The topological polar surface area (TPSA) is 105 Å². The van der Waals surface area contributed by atoms with E-state index in [0.29, 0.717) is 12.0 Å². The van der Waals surface area contributed by atoms with Gasteiger partial charge in [-0.05, 0) is 12.5 Å². The van der Waals surface area contributed by atoms with Crippen LogP contribution in [0.15, 0.2) is 18.3 Å². The van der Waals surface area contributed by atoms with Gasteiger partial charge in [-0.2, -0.15) is 8.42 Å². The van der Waals surface area contributed by atoms with Crippen LogP contribution in [0.25, 0.3) is 0 Å². The molecule has 1 aromatic rings. The second-order valence-corrected chi connectivity index (χ2v) is 4.19. The largest absolute Gasteiger partial charge is 0.358 e. The number of anilines is 1. The van der Waals surface area contributed by atoms with Crippen molar-refractivity contribution in [2.24, 2.45) is 5.73 Å². The molecule has 4 N–H and O–H groups in total. The van der Waals surface area contributed by atoms with Crippen molar-refractivity contribution in [3.63, 3.8) is 0 Å². The molecule has 0 saturated carbocycles. The van der Waals surface area contributed by atoms with Crippen LogP contribution in [0.5, 0.6) is 0 Å². The normalized spacial score (nSPS) is 13.5. The number of nitrogens with zero attached hydrogens (tertiary/aromatic N) is 1. The average Bonchev–Trinajstić information content (AvgIpc) is 2.15. The SMILES string of the molecule is CC[C@@H](N)c1cccnc1NS(=O)(=O)O. The molecule has 1 rings (SSSR count). The minimum atomic E-state index is -4.31. The van der Waals surface area contributed by atoms with Gasteiger partial charge in [0, 0.05) is 17.8 Å². The van der Waals surface area contributed by atoms with E-state index in [1.54, 1.807) is 12.1 Å². The lowest BCUT2D eigenvalue weighted by atomic mass is 10.1. The van der Waals surface area contributed by atoms with Gasteiger partial charge in [-0.25, -0.2) is 9.71 Å². The highest BCUT2D eigenvalue weighted by Crippen LogP contribution is 2.21. The first-order valence-corrected chi connectivity index (χ1v) is 5.83. The van der Waals surface area contributed by atoms with E-state index in [2.05, 4.69) is 4.98 Å². The van der Waals surface area contributed by atoms with Crippen LogP contribution in [0.1, 0.15) is 24.9 Å². The molecule has 1 heterocycles. The second-order valence-electron chi connectivity index (χ2n) is 3.03. The van der Waals surface area contributed by atoms with Gasteiger partial charge in [-0.3, -0.25) is 4.55 Å². The Balaban J connectivity index is 3.07. The highest BCUT2D eigenvalue weighted by atomic mass is 32.2. The maximum Gasteiger partial charge on any atom is 0.358 e. The maximum absolute atomic E-state index is 10.6. The monoisotopic (exact) mass is 231 g/mol. The van der Waals surface area contributed by atoms with Crippen molar-refractivity contribution in [3.8, 4) is 0 Å². The van der Waals surface area contributed by atoms with E-state index in [-0.39, 0.29) is 11.9 Å². The van der Waals surface area contributed by atoms with Crippen molar-refractivity contribution in [3.05, 3.63) is 23.9 Å². The second kappa shape index (κ2) is 4.56. The van der Waals surface area contributed by atoms with E-state index in [9.17, 15) is 8.42 Å². The standard InChI is InChI=1S/C8H13N3O3S/c1-2-7(9)6-4-3-5-10-8(6)11-15(12,13)14/h3-5,7H,2,9H2,1H3,(H,10,11)(H,12,13,14)/t7-/m1/s1. The van der Waals surface area contributed by atoms with Gasteiger partial charge in [-0.15, -0.1) is 0 Å². The van der Waals surface area contributed by atoms with E-state index in [1.165, 1.54) is 6.20 Å². The lowest BCUT2D eigenvalue weighted by Gasteiger charge is -2.13. The first kappa shape index (κ1) is 11.9. The molecule has 0 unspecified atom stereocenters. The molecule has 84 valence electrons. The summed E-state index contributed by atoms with van der Waals surface area (Å²) in [5, 5.41) is 0. The fourth-order valence-corrected chi connectivity index (χ4v) is 1.56. The van der Waals surface area contributed by atoms with Gasteiger partial charge in [0.1, 0.15) is 5.82 Å². The minimum absolute atomic E-state index is 0.0642. The van der Waals surface area contributed by atoms with Crippen LogP contribution >= 0.6 is 0 Å². The van der Waals surface area contributed by atoms with Crippen molar-refractivity contribution >= 4 is 16.1 Å². The first-order valence-electron chi connectivity index (χ1n) is 4.39. The summed E-state index contributed by atoms with van der Waals surface area (Å²) in [6.07, 6.45) is 2.06. The molecule has 0 fully saturated rings. The molecule has 7 heteroatoms. The number of aromatic nitrogens is 1. The summed E-state index contributed by atoms with van der Waals surface area (Å²) >= 11 is 0. The highest BCUT2D eigenvalue weighted by Gasteiger charge is 2.13. The third kappa shape index (κ3) is 3.46. The summed E-state index contributed by atoms with van der Waals surface area (Å²) < 4.78 is 31.8. The van der Waals surface area contributed by atoms with E-state index in [4.69, 9.17) is 10.3 Å². The van der Waals surface area contributed by atoms with Crippen LogP contribution in [-0.4, -0.2) is 18.0 Å². The number of rotatable bonds is 4. The van der Waals surface area contributed by atoms with Crippen LogP contribution in [0.3, 0.4) is 0 Å². The number of hydrogen-bond acceptors (Lipinski definition) is 4. The average molecular weight is 231 g/mol. The summed E-state index contributed by atoms with van der Waals surface area (Å²) in [6, 6.07) is 3.00. The van der Waals surface area contributed by atoms with E-state index in [1.807, 2.05) is 11.6 Å². The number of nitrogens with one attached hydrogen (secondary N) is 1. The third-order valence-corrected chi connectivity index (χ3v) is 2.36. The Labute approximate surface area is 88.4 Å². The zero-order valence-electron chi connectivity index (χ0n) is 8.21. The van der Waals surface area contributed by atoms with Crippen molar-refractivity contribution < 1.29 is 13.0 Å². The van der Waals surface area contributed by atoms with E-state index in [0.717, 1.165) is 0 Å². The number of nitrogens with two attached hydrogens (primary N) is 1. The van der Waals surface area contributed by atoms with Gasteiger partial charge >= 0.3 is 10.3 Å². The molecule has 0 aliphatic rings. The Morgan fingerprint density at radius 2 is 2.33 bits per heavy atom. The van der Waals surface area contributed by atoms with E-state index < -0.39 is 10.3 Å². The Kier molecular flexibility index (Phi) is 3.61. The van der Waals surface area contributed by atoms with Gasteiger partial charge in [0.05, 0.1) is 0 Å². The summed E-state index contributed by atoms with van der Waals surface area (Å²) in [4.78, 5) is 3.80. The summed E-state index contributed by atoms with van der Waals surface area (Å²) in [5.74, 6) is 0.0642. The van der Waals surface area contributed by atoms with Crippen LogP contribution in [0, 0.1) is 0 Å². The van der Waals surface area contributed by atoms with Crippen molar-refractivity contribution in [1.29, 1.82) is 0 Å². The highest BCUT2D eigenvalue weighted by molar-refractivity contribution is 7.87. The van der Waals surface area contributed by atoms with Gasteiger partial charge < -0.3 is 5.73 Å². The fourth-order valence-electron chi connectivity index (χ4n) is 1.14. The molecule has 0 radical (unpaired) electrons. The molecule has 0 aromatic carbocycles. The quantitative estimate of drug-likeness (QED) is 0.662. The summed E-state index contributed by atoms with van der Waals surface area (Å²) in [7, 11) is -4.31. The number of hydrogen-bond donors (Lipinski definition) is 3. The fraction of sp³-hybridized carbons (Fsp3) is 0.375. The zero-order chi connectivity index (χ0) is 11.5. The smallest absolute Gasteiger partial charge is 0.324 e. The van der Waals surface area contributed by atoms with E-state index >= 15 is 0 Å². The third-order valence-electron chi connectivity index (χ3n) is 1.90. The molecule has 1 atom stereocenters. The van der Waals surface area contributed by atoms with Gasteiger partial charge in [0.2, 0.25) is 0 Å². The molecule has 1 aromatic heterocycles. The lowest BCUT2D eigenvalue weighted by Crippen LogP contribution is -2.17. The molecule has 0 bridgehead atoms. The van der Waals surface area contributed by atoms with Gasteiger partial charge in [-0.1, -0.05) is 13.0 Å². The number of pyridine rings is 1. The molecule has 0 amide bonds. The first-order chi connectivity index (χ1) is 6.94. The van der Waals surface area contributed by atoms with Crippen LogP contribution in [0.2, 0.25) is 0 Å². The van der Waals surface area contributed by atoms with Crippen molar-refractivity contribution in [2.75, 3.05) is 4.72 Å². The molecular weight excluding hydrogens is 218 g/mol. The maximum atomic E-state index is 10.6. The van der Waals surface area contributed by atoms with Crippen LogP contribution in [-0.2, 0) is 10.3 Å². The van der Waals surface area contributed by atoms with Gasteiger partial charge in [0.25, 0.3) is 0 Å². The van der Waals surface area contributed by atoms with Crippen molar-refractivity contribution in [2.45, 2.75) is 19.4 Å². The molecule has 15 heavy (non-hydrogen) atoms. The Hall–Kier alpha value is -1.18. The summed E-state index contributed by atoms with van der Waals surface area (Å²) in [5.41, 5.74) is 6.31. The molecule has 0 saturated heterocycles. The molecular formula is C8H13N3O3S. The predicted octanol–water partition coefficient (Wildman–Crippen LogP) is 0.706. The summed E-state index contributed by atoms with van der Waals surface area (Å²) in [6.45, 7) is 1.87. The zero-order valence-corrected chi connectivity index (χ0v) is 9.03. The van der Waals surface area contributed by atoms with Crippen molar-refractivity contribution in [1.82, 2.24) is 4.98 Å². The molecule has 0 aliphatic heterocycles. The minimum Gasteiger partial charge on any atom is -0.324 e. The Bertz CT molecular complexity index is 433.